The van der Waals surface area contributed by atoms with Crippen LogP contribution in [0.3, 0.4) is 0 Å². The van der Waals surface area contributed by atoms with E-state index in [1.807, 2.05) is 58.9 Å². The fourth-order valence-electron chi connectivity index (χ4n) is 1.81. The van der Waals surface area contributed by atoms with E-state index in [4.69, 9.17) is 18.0 Å². The minimum atomic E-state index is -2.13. The molecule has 0 aromatic heterocycles. The maximum atomic E-state index is 12.7. The van der Waals surface area contributed by atoms with E-state index in [2.05, 4.69) is 0 Å². The van der Waals surface area contributed by atoms with Crippen LogP contribution in [0, 0.1) is 0 Å². The summed E-state index contributed by atoms with van der Waals surface area (Å²) in [6.07, 6.45) is -2.18. The van der Waals surface area contributed by atoms with Gasteiger partial charge in [0.2, 0.25) is 8.32 Å². The van der Waals surface area contributed by atoms with Crippen LogP contribution in [0.2, 0.25) is 58.9 Å². The third-order valence-electron chi connectivity index (χ3n) is 2.39. The first-order chi connectivity index (χ1) is 10.6. The van der Waals surface area contributed by atoms with Crippen LogP contribution in [0.4, 0.5) is 0 Å². The second-order valence-corrected chi connectivity index (χ2v) is 21.9. The first-order valence-electron chi connectivity index (χ1n) is 8.31. The summed E-state index contributed by atoms with van der Waals surface area (Å²) in [5, 5.41) is 0. The smallest absolute Gasteiger partial charge is 0.337 e. The summed E-state index contributed by atoms with van der Waals surface area (Å²) in [5.41, 5.74) is 0. The van der Waals surface area contributed by atoms with Crippen molar-refractivity contribution in [3.05, 3.63) is 0 Å². The van der Waals surface area contributed by atoms with Crippen molar-refractivity contribution in [3.63, 3.8) is 0 Å². The number of esters is 1. The first kappa shape index (κ1) is 23.5. The monoisotopic (exact) mass is 394 g/mol. The summed E-state index contributed by atoms with van der Waals surface area (Å²) in [7, 11) is -6.37. The van der Waals surface area contributed by atoms with E-state index in [1.165, 1.54) is 0 Å². The highest BCUT2D eigenvalue weighted by Crippen LogP contribution is 2.21. The molecule has 0 radical (unpaired) electrons. The molecule has 9 heteroatoms. The van der Waals surface area contributed by atoms with Crippen molar-refractivity contribution in [1.29, 1.82) is 0 Å². The van der Waals surface area contributed by atoms with E-state index < -0.39 is 49.1 Å². The fourth-order valence-corrected chi connectivity index (χ4v) is 4.50. The number of rotatable bonds is 9. The molecular weight excluding hydrogens is 360 g/mol. The number of hydrogen-bond acceptors (Lipinski definition) is 6. The Balaban J connectivity index is 5.70. The van der Waals surface area contributed by atoms with E-state index in [-0.39, 0.29) is 6.61 Å². The Labute approximate surface area is 149 Å². The molecule has 0 rings (SSSR count). The number of ether oxygens (including phenoxy) is 1. The summed E-state index contributed by atoms with van der Waals surface area (Å²) in [6, 6.07) is 0. The summed E-state index contributed by atoms with van der Waals surface area (Å²) in [6.45, 7) is 19.4. The molecule has 0 fully saturated rings. The lowest BCUT2D eigenvalue weighted by Gasteiger charge is -2.34. The summed E-state index contributed by atoms with van der Waals surface area (Å²) < 4.78 is 22.7. The topological polar surface area (TPSA) is 71.1 Å². The van der Waals surface area contributed by atoms with Crippen molar-refractivity contribution in [1.82, 2.24) is 0 Å². The largest absolute Gasteiger partial charge is 0.518 e. The Morgan fingerprint density at radius 1 is 0.708 bits per heavy atom. The molecule has 0 aliphatic carbocycles. The van der Waals surface area contributed by atoms with Crippen LogP contribution < -0.4 is 0 Å². The highest BCUT2D eigenvalue weighted by atomic mass is 28.4. The molecule has 2 unspecified atom stereocenters. The van der Waals surface area contributed by atoms with E-state index in [0.717, 1.165) is 0 Å². The molecular formula is C15H34O6Si3. The summed E-state index contributed by atoms with van der Waals surface area (Å²) >= 11 is 0. The van der Waals surface area contributed by atoms with Crippen molar-refractivity contribution in [2.24, 2.45) is 0 Å². The van der Waals surface area contributed by atoms with Gasteiger partial charge in [0.05, 0.1) is 6.61 Å². The zero-order chi connectivity index (χ0) is 19.3. The average Bonchev–Trinajstić information content (AvgIpc) is 2.29. The van der Waals surface area contributed by atoms with Crippen molar-refractivity contribution in [2.45, 2.75) is 78.1 Å². The van der Waals surface area contributed by atoms with Gasteiger partial charge in [-0.3, -0.25) is 4.79 Å². The molecule has 24 heavy (non-hydrogen) atoms. The summed E-state index contributed by atoms with van der Waals surface area (Å²) in [4.78, 5) is 25.1. The molecule has 0 saturated carbocycles. The fraction of sp³-hybridized carbons (Fsp3) is 0.867. The maximum Gasteiger partial charge on any atom is 0.337 e. The highest BCUT2D eigenvalue weighted by Gasteiger charge is 2.43. The van der Waals surface area contributed by atoms with E-state index >= 15 is 0 Å². The standard InChI is InChI=1S/C15H34O6Si3/c1-11-18-14(16)12(19-22(2,3)4)13(20-23(5,6)7)15(17)21-24(8,9)10/h12-13H,11H2,1-10H3. The van der Waals surface area contributed by atoms with Crippen LogP contribution in [-0.4, -0.2) is 55.7 Å². The van der Waals surface area contributed by atoms with Gasteiger partial charge in [-0.1, -0.05) is 0 Å². The molecule has 142 valence electrons. The van der Waals surface area contributed by atoms with Crippen LogP contribution in [0.1, 0.15) is 6.92 Å². The predicted octanol–water partition coefficient (Wildman–Crippen LogP) is 3.37. The summed E-state index contributed by atoms with van der Waals surface area (Å²) in [5.74, 6) is -1.11. The van der Waals surface area contributed by atoms with Crippen molar-refractivity contribution >= 4 is 36.9 Å². The van der Waals surface area contributed by atoms with E-state index in [1.54, 1.807) is 6.92 Å². The van der Waals surface area contributed by atoms with Crippen LogP contribution in [0.5, 0.6) is 0 Å². The maximum absolute atomic E-state index is 12.7. The third kappa shape index (κ3) is 10.4. The number of carbonyl (C=O) groups is 2. The Morgan fingerprint density at radius 3 is 1.38 bits per heavy atom. The highest BCUT2D eigenvalue weighted by molar-refractivity contribution is 6.72. The molecule has 0 aromatic carbocycles. The van der Waals surface area contributed by atoms with Gasteiger partial charge in [-0.05, 0) is 65.8 Å². The molecule has 0 aliphatic rings. The van der Waals surface area contributed by atoms with Crippen LogP contribution in [0.25, 0.3) is 0 Å². The van der Waals surface area contributed by atoms with Gasteiger partial charge in [-0.2, -0.15) is 0 Å². The van der Waals surface area contributed by atoms with Gasteiger partial charge in [-0.25, -0.2) is 4.79 Å². The Morgan fingerprint density at radius 2 is 1.08 bits per heavy atom. The molecule has 0 N–H and O–H groups in total. The van der Waals surface area contributed by atoms with Gasteiger partial charge in [-0.15, -0.1) is 0 Å². The van der Waals surface area contributed by atoms with Gasteiger partial charge in [0.25, 0.3) is 0 Å². The Hall–Kier alpha value is -0.489. The van der Waals surface area contributed by atoms with Gasteiger partial charge >= 0.3 is 11.9 Å². The number of hydrogen-bond donors (Lipinski definition) is 0. The molecule has 0 aliphatic heterocycles. The van der Waals surface area contributed by atoms with Crippen molar-refractivity contribution < 1.29 is 27.6 Å². The van der Waals surface area contributed by atoms with Crippen molar-refractivity contribution in [3.8, 4) is 0 Å². The van der Waals surface area contributed by atoms with Gasteiger partial charge in [0.1, 0.15) is 0 Å². The normalized spacial score (nSPS) is 15.6. The molecule has 0 spiro atoms. The molecule has 0 amide bonds. The minimum Gasteiger partial charge on any atom is -0.518 e. The average molecular weight is 395 g/mol. The SMILES string of the molecule is CCOC(=O)C(O[Si](C)(C)C)C(O[Si](C)(C)C)C(=O)O[Si](C)(C)C. The number of carbonyl (C=O) groups excluding carboxylic acids is 2. The van der Waals surface area contributed by atoms with Crippen LogP contribution >= 0.6 is 0 Å². The Kier molecular flexibility index (Phi) is 8.57. The molecule has 0 heterocycles. The first-order valence-corrected chi connectivity index (χ1v) is 18.5. The lowest BCUT2D eigenvalue weighted by molar-refractivity contribution is -0.165. The third-order valence-corrected chi connectivity index (χ3v) is 5.13. The molecule has 2 atom stereocenters. The van der Waals surface area contributed by atoms with Gasteiger partial charge in [0.15, 0.2) is 28.8 Å². The second kappa shape index (κ2) is 8.75. The van der Waals surface area contributed by atoms with Crippen LogP contribution in [0.15, 0.2) is 0 Å². The molecule has 6 nitrogen and oxygen atoms in total. The molecule has 0 aromatic rings. The minimum absolute atomic E-state index is 0.215. The van der Waals surface area contributed by atoms with E-state index in [0.29, 0.717) is 0 Å². The lowest BCUT2D eigenvalue weighted by Crippen LogP contribution is -2.54. The lowest BCUT2D eigenvalue weighted by atomic mass is 10.2. The van der Waals surface area contributed by atoms with Gasteiger partial charge in [0, 0.05) is 0 Å². The quantitative estimate of drug-likeness (QED) is 0.441. The zero-order valence-electron chi connectivity index (χ0n) is 16.8. The molecule has 0 bridgehead atoms. The molecule has 0 saturated heterocycles. The van der Waals surface area contributed by atoms with Crippen LogP contribution in [-0.2, 0) is 27.6 Å². The van der Waals surface area contributed by atoms with E-state index in [9.17, 15) is 9.59 Å². The Bertz CT molecular complexity index is 434. The van der Waals surface area contributed by atoms with Gasteiger partial charge < -0.3 is 18.0 Å². The second-order valence-electron chi connectivity index (χ2n) is 8.59. The van der Waals surface area contributed by atoms with Crippen molar-refractivity contribution in [2.75, 3.05) is 6.61 Å². The zero-order valence-corrected chi connectivity index (χ0v) is 19.8. The predicted molar refractivity (Wildman–Crippen MR) is 103 cm³/mol.